The van der Waals surface area contributed by atoms with Crippen molar-refractivity contribution in [1.29, 1.82) is 0 Å². The Labute approximate surface area is 106 Å². The minimum atomic E-state index is -0.265. The van der Waals surface area contributed by atoms with Gasteiger partial charge in [0.15, 0.2) is 5.78 Å². The molecular formula is C12H18N2O4. The monoisotopic (exact) mass is 254 g/mol. The van der Waals surface area contributed by atoms with E-state index >= 15 is 0 Å². The number of hydrogen-bond donors (Lipinski definition) is 1. The van der Waals surface area contributed by atoms with Crippen LogP contribution >= 0.6 is 0 Å². The van der Waals surface area contributed by atoms with Gasteiger partial charge in [0.25, 0.3) is 0 Å². The Hall–Kier alpha value is -1.43. The van der Waals surface area contributed by atoms with E-state index in [0.717, 1.165) is 12.8 Å². The summed E-state index contributed by atoms with van der Waals surface area (Å²) < 4.78 is 5.31. The molecule has 2 saturated heterocycles. The van der Waals surface area contributed by atoms with Gasteiger partial charge in [0.05, 0.1) is 12.5 Å². The fraction of sp³-hybridized carbons (Fsp3) is 0.750. The number of nitrogens with one attached hydrogen (secondary N) is 1. The van der Waals surface area contributed by atoms with Gasteiger partial charge in [0.1, 0.15) is 6.10 Å². The molecule has 0 spiro atoms. The highest BCUT2D eigenvalue weighted by atomic mass is 16.5. The SMILES string of the molecule is CC(=O)NN1C(=O)C[C@H]1CCC(=O)C1CCCO1. The van der Waals surface area contributed by atoms with Gasteiger partial charge in [-0.05, 0) is 19.3 Å². The third kappa shape index (κ3) is 2.87. The number of hydrogen-bond acceptors (Lipinski definition) is 4. The van der Waals surface area contributed by atoms with Crippen LogP contribution in [0, 0.1) is 0 Å². The zero-order valence-electron chi connectivity index (χ0n) is 10.5. The number of amides is 2. The number of ketones is 1. The Morgan fingerprint density at radius 2 is 2.28 bits per heavy atom. The summed E-state index contributed by atoms with van der Waals surface area (Å²) >= 11 is 0. The summed E-state index contributed by atoms with van der Waals surface area (Å²) in [5, 5.41) is 1.32. The van der Waals surface area contributed by atoms with E-state index in [2.05, 4.69) is 5.43 Å². The summed E-state index contributed by atoms with van der Waals surface area (Å²) in [6, 6.07) is -0.0493. The number of ether oxygens (including phenoxy) is 1. The van der Waals surface area contributed by atoms with Gasteiger partial charge in [-0.1, -0.05) is 0 Å². The van der Waals surface area contributed by atoms with Crippen LogP contribution in [0.3, 0.4) is 0 Å². The van der Waals surface area contributed by atoms with Crippen LogP contribution in [0.25, 0.3) is 0 Å². The van der Waals surface area contributed by atoms with Crippen LogP contribution in [-0.4, -0.2) is 41.4 Å². The molecule has 100 valence electrons. The first-order chi connectivity index (χ1) is 8.58. The van der Waals surface area contributed by atoms with Gasteiger partial charge in [-0.15, -0.1) is 0 Å². The number of β-lactam (4-membered cyclic amide) rings is 1. The predicted molar refractivity (Wildman–Crippen MR) is 62.3 cm³/mol. The van der Waals surface area contributed by atoms with Crippen molar-refractivity contribution in [3.8, 4) is 0 Å². The molecule has 2 rings (SSSR count). The second-order valence-electron chi connectivity index (χ2n) is 4.80. The molecule has 0 aromatic rings. The average molecular weight is 254 g/mol. The maximum atomic E-state index is 11.8. The predicted octanol–water partition coefficient (Wildman–Crippen LogP) is 0.167. The van der Waals surface area contributed by atoms with E-state index in [1.54, 1.807) is 0 Å². The van der Waals surface area contributed by atoms with Gasteiger partial charge in [0.2, 0.25) is 11.8 Å². The fourth-order valence-electron chi connectivity index (χ4n) is 2.34. The summed E-state index contributed by atoms with van der Waals surface area (Å²) in [6.45, 7) is 2.02. The number of carbonyl (C=O) groups is 3. The Bertz CT molecular complexity index is 363. The molecule has 2 aliphatic heterocycles. The zero-order valence-corrected chi connectivity index (χ0v) is 10.5. The average Bonchev–Trinajstić information content (AvgIpc) is 2.84. The Balaban J connectivity index is 1.74. The summed E-state index contributed by atoms with van der Waals surface area (Å²) in [7, 11) is 0. The topological polar surface area (TPSA) is 75.7 Å². The second-order valence-corrected chi connectivity index (χ2v) is 4.80. The molecule has 1 unspecified atom stereocenters. The van der Waals surface area contributed by atoms with Gasteiger partial charge in [0, 0.05) is 20.0 Å². The van der Waals surface area contributed by atoms with E-state index in [-0.39, 0.29) is 29.7 Å². The molecule has 18 heavy (non-hydrogen) atoms. The first kappa shape index (κ1) is 13.0. The minimum absolute atomic E-state index is 0.0493. The van der Waals surface area contributed by atoms with Crippen LogP contribution in [0.4, 0.5) is 0 Å². The molecule has 1 N–H and O–H groups in total. The molecular weight excluding hydrogens is 236 g/mol. The quantitative estimate of drug-likeness (QED) is 0.709. The van der Waals surface area contributed by atoms with E-state index < -0.39 is 0 Å². The van der Waals surface area contributed by atoms with E-state index in [0.29, 0.717) is 25.9 Å². The molecule has 2 amide bonds. The van der Waals surface area contributed by atoms with E-state index in [4.69, 9.17) is 4.74 Å². The first-order valence-corrected chi connectivity index (χ1v) is 6.31. The number of hydrazine groups is 1. The summed E-state index contributed by atoms with van der Waals surface area (Å²) in [5.41, 5.74) is 2.47. The van der Waals surface area contributed by atoms with Crippen molar-refractivity contribution in [2.45, 2.75) is 51.2 Å². The van der Waals surface area contributed by atoms with Crippen LogP contribution in [0.1, 0.15) is 39.0 Å². The van der Waals surface area contributed by atoms with Crippen LogP contribution < -0.4 is 5.43 Å². The van der Waals surface area contributed by atoms with Gasteiger partial charge in [-0.2, -0.15) is 0 Å². The number of rotatable bonds is 5. The Morgan fingerprint density at radius 3 is 2.83 bits per heavy atom. The van der Waals surface area contributed by atoms with Crippen molar-refractivity contribution in [3.63, 3.8) is 0 Å². The second kappa shape index (κ2) is 5.48. The van der Waals surface area contributed by atoms with Crippen LogP contribution in [0.15, 0.2) is 0 Å². The number of nitrogens with zero attached hydrogens (tertiary/aromatic N) is 1. The molecule has 2 atom stereocenters. The smallest absolute Gasteiger partial charge is 0.243 e. The molecule has 0 saturated carbocycles. The highest BCUT2D eigenvalue weighted by molar-refractivity contribution is 5.87. The minimum Gasteiger partial charge on any atom is -0.370 e. The van der Waals surface area contributed by atoms with Crippen molar-refractivity contribution in [2.24, 2.45) is 0 Å². The highest BCUT2D eigenvalue weighted by Crippen LogP contribution is 2.23. The molecule has 2 aliphatic rings. The maximum absolute atomic E-state index is 11.8. The number of Topliss-reactive ketones (excluding diaryl/α,β-unsaturated/α-hetero) is 1. The lowest BCUT2D eigenvalue weighted by Gasteiger charge is -2.39. The van der Waals surface area contributed by atoms with Crippen LogP contribution in [0.2, 0.25) is 0 Å². The largest absolute Gasteiger partial charge is 0.370 e. The fourth-order valence-corrected chi connectivity index (χ4v) is 2.34. The maximum Gasteiger partial charge on any atom is 0.243 e. The van der Waals surface area contributed by atoms with Gasteiger partial charge < -0.3 is 4.74 Å². The zero-order chi connectivity index (χ0) is 13.1. The normalized spacial score (nSPS) is 26.9. The first-order valence-electron chi connectivity index (χ1n) is 6.31. The standard InChI is InChI=1S/C12H18N2O4/c1-8(15)13-14-9(7-12(14)17)4-5-10(16)11-3-2-6-18-11/h9,11H,2-7H2,1H3,(H,13,15)/t9-,11?/m1/s1. The summed E-state index contributed by atoms with van der Waals surface area (Å²) in [4.78, 5) is 34.0. The van der Waals surface area contributed by atoms with Crippen LogP contribution in [0.5, 0.6) is 0 Å². The van der Waals surface area contributed by atoms with Crippen molar-refractivity contribution < 1.29 is 19.1 Å². The van der Waals surface area contributed by atoms with Crippen LogP contribution in [-0.2, 0) is 19.1 Å². The highest BCUT2D eigenvalue weighted by Gasteiger charge is 2.37. The number of carbonyl (C=O) groups excluding carboxylic acids is 3. The van der Waals surface area contributed by atoms with Crippen molar-refractivity contribution in [3.05, 3.63) is 0 Å². The van der Waals surface area contributed by atoms with Gasteiger partial charge in [-0.25, -0.2) is 0 Å². The van der Waals surface area contributed by atoms with Crippen molar-refractivity contribution in [2.75, 3.05) is 6.61 Å². The Kier molecular flexibility index (Phi) is 3.96. The van der Waals surface area contributed by atoms with E-state index in [1.807, 2.05) is 0 Å². The molecule has 0 aromatic carbocycles. The lowest BCUT2D eigenvalue weighted by atomic mass is 9.96. The molecule has 6 heteroatoms. The summed E-state index contributed by atoms with van der Waals surface area (Å²) in [5.74, 6) is -0.257. The summed E-state index contributed by atoms with van der Waals surface area (Å²) in [6.07, 6.45) is 2.88. The third-order valence-electron chi connectivity index (χ3n) is 3.33. The lowest BCUT2D eigenvalue weighted by Crippen LogP contribution is -2.60. The lowest BCUT2D eigenvalue weighted by molar-refractivity contribution is -0.157. The Morgan fingerprint density at radius 1 is 1.50 bits per heavy atom. The molecule has 2 heterocycles. The molecule has 0 aliphatic carbocycles. The van der Waals surface area contributed by atoms with Crippen molar-refractivity contribution >= 4 is 17.6 Å². The van der Waals surface area contributed by atoms with E-state index in [9.17, 15) is 14.4 Å². The van der Waals surface area contributed by atoms with Gasteiger partial charge >= 0.3 is 0 Å². The molecule has 6 nitrogen and oxygen atoms in total. The molecule has 0 radical (unpaired) electrons. The van der Waals surface area contributed by atoms with Gasteiger partial charge in [-0.3, -0.25) is 24.8 Å². The third-order valence-corrected chi connectivity index (χ3v) is 3.33. The van der Waals surface area contributed by atoms with E-state index in [1.165, 1.54) is 11.9 Å². The molecule has 0 bridgehead atoms. The van der Waals surface area contributed by atoms with Crippen molar-refractivity contribution in [1.82, 2.24) is 10.4 Å². The molecule has 0 aromatic heterocycles. The molecule has 2 fully saturated rings.